The molecule has 0 saturated heterocycles. The lowest BCUT2D eigenvalue weighted by Crippen LogP contribution is -2.28. The Bertz CT molecular complexity index is 763. The first-order valence-corrected chi connectivity index (χ1v) is 6.42. The van der Waals surface area contributed by atoms with E-state index in [0.29, 0.717) is 17.0 Å². The molecule has 0 spiro atoms. The Balaban J connectivity index is 2.07. The molecule has 0 atom stereocenters. The third kappa shape index (κ3) is 3.83. The minimum atomic E-state index is -0.677. The van der Waals surface area contributed by atoms with Crippen molar-refractivity contribution in [2.45, 2.75) is 0 Å². The summed E-state index contributed by atoms with van der Waals surface area (Å²) in [6, 6.07) is 6.21. The van der Waals surface area contributed by atoms with E-state index >= 15 is 0 Å². The smallest absolute Gasteiger partial charge is 0.349 e. The Labute approximate surface area is 129 Å². The molecule has 1 amide bonds. The second-order valence-electron chi connectivity index (χ2n) is 4.23. The normalized spacial score (nSPS) is 10.8. The van der Waals surface area contributed by atoms with Crippen molar-refractivity contribution in [2.24, 2.45) is 5.10 Å². The zero-order valence-electron chi connectivity index (χ0n) is 11.1. The molecule has 114 valence electrons. The summed E-state index contributed by atoms with van der Waals surface area (Å²) in [5.41, 5.74) is -0.287. The number of nitrogens with zero attached hydrogens (tertiary/aromatic N) is 3. The standard InChI is InChI=1S/C13H11ClN4O4/c14-10-3-1-9(2-4-10)11(20)5-17(8-19)7-15-18-6-12(21)16-13(18)22/h1-4,6-8,21H,5H2,(H,16,22). The highest BCUT2D eigenvalue weighted by Crippen LogP contribution is 2.10. The van der Waals surface area contributed by atoms with Crippen molar-refractivity contribution >= 4 is 30.1 Å². The first-order chi connectivity index (χ1) is 10.5. The molecule has 0 aliphatic rings. The van der Waals surface area contributed by atoms with Crippen molar-refractivity contribution in [1.82, 2.24) is 14.6 Å². The number of hydrogen-bond donors (Lipinski definition) is 2. The number of halogens is 1. The van der Waals surface area contributed by atoms with E-state index in [1.165, 1.54) is 0 Å². The molecule has 0 bridgehead atoms. The molecule has 0 saturated carbocycles. The van der Waals surface area contributed by atoms with Gasteiger partial charge in [0.1, 0.15) is 6.34 Å². The van der Waals surface area contributed by atoms with Crippen molar-refractivity contribution in [2.75, 3.05) is 6.54 Å². The molecule has 0 unspecified atom stereocenters. The second kappa shape index (κ2) is 6.72. The Morgan fingerprint density at radius 3 is 2.64 bits per heavy atom. The number of amides is 1. The molecule has 22 heavy (non-hydrogen) atoms. The van der Waals surface area contributed by atoms with Crippen LogP contribution in [0.4, 0.5) is 0 Å². The molecule has 9 heteroatoms. The van der Waals surface area contributed by atoms with Gasteiger partial charge in [0, 0.05) is 10.6 Å². The summed E-state index contributed by atoms with van der Waals surface area (Å²) in [4.78, 5) is 37.3. The van der Waals surface area contributed by atoms with Crippen LogP contribution < -0.4 is 5.69 Å². The van der Waals surface area contributed by atoms with Crippen molar-refractivity contribution in [3.8, 4) is 5.88 Å². The monoisotopic (exact) mass is 322 g/mol. The van der Waals surface area contributed by atoms with Crippen LogP contribution in [0.3, 0.4) is 0 Å². The van der Waals surface area contributed by atoms with Crippen molar-refractivity contribution < 1.29 is 14.7 Å². The molecule has 8 nitrogen and oxygen atoms in total. The molecule has 1 aromatic carbocycles. The number of Topliss-reactive ketones (excluding diaryl/α,β-unsaturated/α-hetero) is 1. The Hall–Kier alpha value is -2.87. The van der Waals surface area contributed by atoms with Gasteiger partial charge in [0.25, 0.3) is 0 Å². The summed E-state index contributed by atoms with van der Waals surface area (Å²) in [5.74, 6) is -0.684. The zero-order valence-corrected chi connectivity index (χ0v) is 11.9. The van der Waals surface area contributed by atoms with E-state index in [4.69, 9.17) is 16.7 Å². The molecule has 1 heterocycles. The fraction of sp³-hybridized carbons (Fsp3) is 0.0769. The third-order valence-corrected chi connectivity index (χ3v) is 2.89. The molecule has 1 aromatic heterocycles. The van der Waals surface area contributed by atoms with Crippen LogP contribution in [-0.4, -0.2) is 44.7 Å². The molecule has 0 fully saturated rings. The SMILES string of the molecule is O=CN(C=Nn1cc(O)[nH]c1=O)CC(=O)c1ccc(Cl)cc1. The topological polar surface area (TPSA) is 108 Å². The number of imidazole rings is 1. The van der Waals surface area contributed by atoms with E-state index in [9.17, 15) is 14.4 Å². The number of carbonyl (C=O) groups excluding carboxylic acids is 2. The number of carbonyl (C=O) groups is 2. The lowest BCUT2D eigenvalue weighted by Gasteiger charge is -2.09. The lowest BCUT2D eigenvalue weighted by molar-refractivity contribution is -0.114. The highest BCUT2D eigenvalue weighted by molar-refractivity contribution is 6.30. The molecule has 0 aliphatic heterocycles. The molecular formula is C13H11ClN4O4. The maximum Gasteiger partial charge on any atom is 0.349 e. The molecule has 2 rings (SSSR count). The molecule has 2 aromatic rings. The summed E-state index contributed by atoms with van der Waals surface area (Å²) in [6.45, 7) is -0.250. The summed E-state index contributed by atoms with van der Waals surface area (Å²) in [6.07, 6.45) is 2.44. The predicted molar refractivity (Wildman–Crippen MR) is 79.2 cm³/mol. The summed E-state index contributed by atoms with van der Waals surface area (Å²) >= 11 is 5.73. The van der Waals surface area contributed by atoms with Gasteiger partial charge in [0.05, 0.1) is 12.7 Å². The Morgan fingerprint density at radius 1 is 1.41 bits per heavy atom. The quantitative estimate of drug-likeness (QED) is 0.352. The average molecular weight is 323 g/mol. The van der Waals surface area contributed by atoms with Crippen LogP contribution in [0, 0.1) is 0 Å². The first kappa shape index (κ1) is 15.5. The maximum atomic E-state index is 12.0. The molecular weight excluding hydrogens is 312 g/mol. The van der Waals surface area contributed by atoms with Gasteiger partial charge < -0.3 is 5.11 Å². The fourth-order valence-electron chi connectivity index (χ4n) is 1.58. The number of ketones is 1. The van der Waals surface area contributed by atoms with Gasteiger partial charge in [-0.15, -0.1) is 0 Å². The zero-order chi connectivity index (χ0) is 16.1. The minimum absolute atomic E-state index is 0.250. The summed E-state index contributed by atoms with van der Waals surface area (Å²) in [5, 5.41) is 13.2. The van der Waals surface area contributed by atoms with Gasteiger partial charge in [-0.25, -0.2) is 4.79 Å². The largest absolute Gasteiger partial charge is 0.493 e. The lowest BCUT2D eigenvalue weighted by atomic mass is 10.1. The van der Waals surface area contributed by atoms with Gasteiger partial charge in [-0.2, -0.15) is 9.78 Å². The van der Waals surface area contributed by atoms with Gasteiger partial charge in [0.2, 0.25) is 12.3 Å². The maximum absolute atomic E-state index is 12.0. The van der Waals surface area contributed by atoms with Crippen LogP contribution in [0.5, 0.6) is 5.88 Å². The van der Waals surface area contributed by atoms with Crippen LogP contribution in [0.25, 0.3) is 0 Å². The van der Waals surface area contributed by atoms with E-state index in [2.05, 4.69) is 10.1 Å². The minimum Gasteiger partial charge on any atom is -0.493 e. The number of nitrogens with one attached hydrogen (secondary N) is 1. The van der Waals surface area contributed by atoms with Gasteiger partial charge in [0.15, 0.2) is 5.78 Å². The number of benzene rings is 1. The van der Waals surface area contributed by atoms with Crippen LogP contribution in [0.2, 0.25) is 5.02 Å². The van der Waals surface area contributed by atoms with Crippen LogP contribution in [0.15, 0.2) is 40.4 Å². The number of H-pyrrole nitrogens is 1. The van der Waals surface area contributed by atoms with Gasteiger partial charge in [-0.05, 0) is 24.3 Å². The van der Waals surface area contributed by atoms with E-state index in [1.54, 1.807) is 24.3 Å². The van der Waals surface area contributed by atoms with E-state index in [1.807, 2.05) is 0 Å². The highest BCUT2D eigenvalue weighted by atomic mass is 35.5. The molecule has 2 N–H and O–H groups in total. The summed E-state index contributed by atoms with van der Waals surface area (Å²) < 4.78 is 0.790. The van der Waals surface area contributed by atoms with Gasteiger partial charge >= 0.3 is 5.69 Å². The van der Waals surface area contributed by atoms with Crippen molar-refractivity contribution in [1.29, 1.82) is 0 Å². The predicted octanol–water partition coefficient (Wildman–Crippen LogP) is 0.668. The van der Waals surface area contributed by atoms with Gasteiger partial charge in [-0.3, -0.25) is 19.5 Å². The third-order valence-electron chi connectivity index (χ3n) is 2.64. The van der Waals surface area contributed by atoms with E-state index in [-0.39, 0.29) is 18.2 Å². The van der Waals surface area contributed by atoms with E-state index < -0.39 is 5.69 Å². The second-order valence-corrected chi connectivity index (χ2v) is 4.66. The molecule has 0 aliphatic carbocycles. The Kier molecular flexibility index (Phi) is 4.74. The van der Waals surface area contributed by atoms with Crippen LogP contribution in [0.1, 0.15) is 10.4 Å². The summed E-state index contributed by atoms with van der Waals surface area (Å²) in [7, 11) is 0. The molecule has 0 radical (unpaired) electrons. The number of aromatic nitrogens is 2. The van der Waals surface area contributed by atoms with Crippen LogP contribution >= 0.6 is 11.6 Å². The fourth-order valence-corrected chi connectivity index (χ4v) is 1.71. The van der Waals surface area contributed by atoms with Crippen molar-refractivity contribution in [3.63, 3.8) is 0 Å². The van der Waals surface area contributed by atoms with Crippen LogP contribution in [-0.2, 0) is 4.79 Å². The number of aromatic hydroxyl groups is 1. The number of aromatic amines is 1. The average Bonchev–Trinajstić information content (AvgIpc) is 2.81. The van der Waals surface area contributed by atoms with Gasteiger partial charge in [-0.1, -0.05) is 11.6 Å². The first-order valence-electron chi connectivity index (χ1n) is 6.04. The van der Waals surface area contributed by atoms with E-state index in [0.717, 1.165) is 22.1 Å². The Morgan fingerprint density at radius 2 is 2.09 bits per heavy atom. The number of hydrogen-bond acceptors (Lipinski definition) is 5. The highest BCUT2D eigenvalue weighted by Gasteiger charge is 2.10. The van der Waals surface area contributed by atoms with Crippen molar-refractivity contribution in [3.05, 3.63) is 51.5 Å². The number of rotatable bonds is 6.